The second kappa shape index (κ2) is 16.9. The Labute approximate surface area is 259 Å². The largest absolute Gasteiger partial charge is 0.390 e. The van der Waals surface area contributed by atoms with Crippen molar-refractivity contribution in [3.05, 3.63) is 107 Å². The molecule has 234 valence electrons. The van der Waals surface area contributed by atoms with E-state index in [0.29, 0.717) is 31.6 Å². The predicted molar refractivity (Wildman–Crippen MR) is 170 cm³/mol. The fourth-order valence-corrected chi connectivity index (χ4v) is 4.87. The molecular formula is C34H43N5O5. The van der Waals surface area contributed by atoms with Crippen molar-refractivity contribution in [2.45, 2.75) is 52.2 Å². The van der Waals surface area contributed by atoms with Gasteiger partial charge in [-0.3, -0.25) is 24.6 Å². The highest BCUT2D eigenvalue weighted by Crippen LogP contribution is 2.16. The van der Waals surface area contributed by atoms with Gasteiger partial charge in [-0.1, -0.05) is 69.3 Å². The van der Waals surface area contributed by atoms with Crippen LogP contribution in [0.4, 0.5) is 0 Å². The van der Waals surface area contributed by atoms with E-state index in [1.54, 1.807) is 34.2 Å². The van der Waals surface area contributed by atoms with Gasteiger partial charge in [-0.05, 0) is 55.2 Å². The number of carbonyl (C=O) groups excluding carboxylic acids is 4. The molecule has 10 nitrogen and oxygen atoms in total. The van der Waals surface area contributed by atoms with Gasteiger partial charge in [-0.25, -0.2) is 5.01 Å². The van der Waals surface area contributed by atoms with E-state index in [-0.39, 0.29) is 35.0 Å². The molecule has 2 unspecified atom stereocenters. The van der Waals surface area contributed by atoms with Crippen LogP contribution in [0, 0.1) is 0 Å². The van der Waals surface area contributed by atoms with Crippen LogP contribution in [0.2, 0.25) is 0 Å². The zero-order chi connectivity index (χ0) is 32.1. The Balaban J connectivity index is 1.87. The zero-order valence-corrected chi connectivity index (χ0v) is 25.7. The quantitative estimate of drug-likeness (QED) is 0.185. The first-order valence-corrected chi connectivity index (χ1v) is 15.0. The van der Waals surface area contributed by atoms with E-state index in [2.05, 4.69) is 10.7 Å². The van der Waals surface area contributed by atoms with E-state index in [9.17, 15) is 24.3 Å². The topological polar surface area (TPSA) is 145 Å². The van der Waals surface area contributed by atoms with E-state index in [1.165, 1.54) is 18.2 Å². The first-order valence-electron chi connectivity index (χ1n) is 15.0. The third-order valence-corrected chi connectivity index (χ3v) is 7.17. The van der Waals surface area contributed by atoms with Crippen LogP contribution in [0.15, 0.2) is 78.9 Å². The monoisotopic (exact) mass is 601 g/mol. The van der Waals surface area contributed by atoms with Crippen molar-refractivity contribution in [2.75, 3.05) is 26.2 Å². The van der Waals surface area contributed by atoms with Gasteiger partial charge in [0.2, 0.25) is 5.91 Å². The Hall–Kier alpha value is -4.54. The fourth-order valence-electron chi connectivity index (χ4n) is 4.87. The van der Waals surface area contributed by atoms with E-state index < -0.39 is 24.0 Å². The average molecular weight is 602 g/mol. The molecule has 2 atom stereocenters. The van der Waals surface area contributed by atoms with Gasteiger partial charge in [0.15, 0.2) is 0 Å². The van der Waals surface area contributed by atoms with Crippen molar-refractivity contribution >= 4 is 23.6 Å². The summed E-state index contributed by atoms with van der Waals surface area (Å²) in [5.41, 5.74) is 10.0. The van der Waals surface area contributed by atoms with Crippen LogP contribution in [-0.2, 0) is 6.42 Å². The van der Waals surface area contributed by atoms with Crippen LogP contribution in [0.1, 0.15) is 80.6 Å². The molecular weight excluding hydrogens is 558 g/mol. The highest BCUT2D eigenvalue weighted by molar-refractivity contribution is 6.04. The van der Waals surface area contributed by atoms with Gasteiger partial charge in [-0.2, -0.15) is 0 Å². The number of nitrogens with two attached hydrogens (primary N) is 1. The fraction of sp³-hybridized carbons (Fsp3) is 0.353. The standard InChI is InChI=1S/C34H43N5O5/c1-4-17-38(18-5-2)34(44)28-21-26(31(35)41)20-27(22-28)32(42)36-29(19-24-13-9-7-10-14-24)30(40)23-39(6-3)37-33(43)25-15-11-8-12-16-25/h7-16,20-22,29-30,40H,4-6,17-19,23H2,1-3H3,(H2,35,41)(H,36,42)(H,37,43). The van der Waals surface area contributed by atoms with Crippen molar-refractivity contribution in [1.82, 2.24) is 20.7 Å². The summed E-state index contributed by atoms with van der Waals surface area (Å²) < 4.78 is 0. The number of carbonyl (C=O) groups is 4. The van der Waals surface area contributed by atoms with E-state index in [1.807, 2.05) is 57.2 Å². The van der Waals surface area contributed by atoms with Gasteiger partial charge in [0.1, 0.15) is 0 Å². The summed E-state index contributed by atoms with van der Waals surface area (Å²) in [4.78, 5) is 53.6. The molecule has 4 amide bonds. The molecule has 5 N–H and O–H groups in total. The third kappa shape index (κ3) is 9.75. The second-order valence-corrected chi connectivity index (χ2v) is 10.6. The van der Waals surface area contributed by atoms with Gasteiger partial charge >= 0.3 is 0 Å². The van der Waals surface area contributed by atoms with Gasteiger partial charge < -0.3 is 21.1 Å². The summed E-state index contributed by atoms with van der Waals surface area (Å²) >= 11 is 0. The van der Waals surface area contributed by atoms with Crippen molar-refractivity contribution in [1.29, 1.82) is 0 Å². The number of hydrogen-bond donors (Lipinski definition) is 4. The molecule has 0 saturated carbocycles. The lowest BCUT2D eigenvalue weighted by molar-refractivity contribution is 0.0471. The molecule has 0 aliphatic heterocycles. The molecule has 0 spiro atoms. The normalized spacial score (nSPS) is 12.3. The summed E-state index contributed by atoms with van der Waals surface area (Å²) in [5, 5.41) is 15.9. The Kier molecular flexibility index (Phi) is 13.1. The number of nitrogens with one attached hydrogen (secondary N) is 2. The Morgan fingerprint density at radius 2 is 1.34 bits per heavy atom. The summed E-state index contributed by atoms with van der Waals surface area (Å²) in [5.74, 6) is -1.95. The number of aliphatic hydroxyl groups excluding tert-OH is 1. The average Bonchev–Trinajstić information content (AvgIpc) is 3.04. The predicted octanol–water partition coefficient (Wildman–Crippen LogP) is 3.42. The van der Waals surface area contributed by atoms with E-state index in [4.69, 9.17) is 5.73 Å². The Morgan fingerprint density at radius 1 is 0.773 bits per heavy atom. The lowest BCUT2D eigenvalue weighted by Gasteiger charge is -2.30. The Bertz CT molecular complexity index is 1390. The van der Waals surface area contributed by atoms with Gasteiger partial charge in [-0.15, -0.1) is 0 Å². The van der Waals surface area contributed by atoms with E-state index >= 15 is 0 Å². The Morgan fingerprint density at radius 3 is 1.91 bits per heavy atom. The van der Waals surface area contributed by atoms with Crippen LogP contribution in [0.5, 0.6) is 0 Å². The molecule has 3 rings (SSSR count). The highest BCUT2D eigenvalue weighted by atomic mass is 16.3. The number of benzene rings is 3. The highest BCUT2D eigenvalue weighted by Gasteiger charge is 2.26. The summed E-state index contributed by atoms with van der Waals surface area (Å²) in [7, 11) is 0. The lowest BCUT2D eigenvalue weighted by Crippen LogP contribution is -2.53. The number of likely N-dealkylation sites (N-methyl/N-ethyl adjacent to an activating group) is 1. The van der Waals surface area contributed by atoms with Gasteiger partial charge in [0.05, 0.1) is 12.1 Å². The summed E-state index contributed by atoms with van der Waals surface area (Å²) in [6, 6.07) is 21.6. The van der Waals surface area contributed by atoms with Crippen LogP contribution < -0.4 is 16.5 Å². The minimum Gasteiger partial charge on any atom is -0.390 e. The van der Waals surface area contributed by atoms with Crippen molar-refractivity contribution in [3.63, 3.8) is 0 Å². The molecule has 0 bridgehead atoms. The number of hydrogen-bond acceptors (Lipinski definition) is 6. The summed E-state index contributed by atoms with van der Waals surface area (Å²) in [6.07, 6.45) is 0.711. The van der Waals surface area contributed by atoms with Crippen LogP contribution in [0.25, 0.3) is 0 Å². The SMILES string of the molecule is CCCN(CCC)C(=O)c1cc(C(N)=O)cc(C(=O)NC(Cc2ccccc2)C(O)CN(CC)NC(=O)c2ccccc2)c1. The van der Waals surface area contributed by atoms with Gasteiger partial charge in [0, 0.05) is 48.4 Å². The maximum absolute atomic E-state index is 13.7. The minimum absolute atomic E-state index is 0.0287. The van der Waals surface area contributed by atoms with Crippen LogP contribution in [-0.4, -0.2) is 77.0 Å². The lowest BCUT2D eigenvalue weighted by atomic mass is 9.99. The molecule has 0 radical (unpaired) electrons. The number of primary amides is 1. The zero-order valence-electron chi connectivity index (χ0n) is 25.7. The number of rotatable bonds is 16. The molecule has 0 fully saturated rings. The molecule has 3 aromatic carbocycles. The number of aliphatic hydroxyl groups is 1. The number of nitrogens with zero attached hydrogens (tertiary/aromatic N) is 2. The number of amides is 4. The molecule has 0 aliphatic carbocycles. The van der Waals surface area contributed by atoms with Crippen molar-refractivity contribution < 1.29 is 24.3 Å². The third-order valence-electron chi connectivity index (χ3n) is 7.17. The maximum atomic E-state index is 13.7. The van der Waals surface area contributed by atoms with Crippen molar-refractivity contribution in [2.24, 2.45) is 5.73 Å². The second-order valence-electron chi connectivity index (χ2n) is 10.6. The number of hydrazine groups is 1. The minimum atomic E-state index is -1.10. The van der Waals surface area contributed by atoms with E-state index in [0.717, 1.165) is 18.4 Å². The first kappa shape index (κ1) is 34.0. The van der Waals surface area contributed by atoms with Crippen molar-refractivity contribution in [3.8, 4) is 0 Å². The van der Waals surface area contributed by atoms with Crippen LogP contribution in [0.3, 0.4) is 0 Å². The molecule has 0 heterocycles. The molecule has 0 saturated heterocycles. The van der Waals surface area contributed by atoms with Crippen LogP contribution >= 0.6 is 0 Å². The molecule has 3 aromatic rings. The smallest absolute Gasteiger partial charge is 0.265 e. The molecule has 10 heteroatoms. The maximum Gasteiger partial charge on any atom is 0.265 e. The molecule has 0 aliphatic rings. The summed E-state index contributed by atoms with van der Waals surface area (Å²) in [6.45, 7) is 7.29. The molecule has 44 heavy (non-hydrogen) atoms. The first-order chi connectivity index (χ1) is 21.2. The van der Waals surface area contributed by atoms with Gasteiger partial charge in [0.25, 0.3) is 17.7 Å². The molecule has 0 aromatic heterocycles.